The lowest BCUT2D eigenvalue weighted by Gasteiger charge is -2.36. The summed E-state index contributed by atoms with van der Waals surface area (Å²) in [4.78, 5) is 2.75. The van der Waals surface area contributed by atoms with Crippen LogP contribution in [0.1, 0.15) is 59.3 Å². The molecule has 2 fully saturated rings. The van der Waals surface area contributed by atoms with E-state index in [0.29, 0.717) is 12.1 Å². The Labute approximate surface area is 114 Å². The summed E-state index contributed by atoms with van der Waals surface area (Å²) in [5.41, 5.74) is 0. The zero-order chi connectivity index (χ0) is 13.0. The molecule has 0 aromatic rings. The monoisotopic (exact) mass is 252 g/mol. The van der Waals surface area contributed by atoms with Crippen LogP contribution in [-0.4, -0.2) is 36.6 Å². The van der Waals surface area contributed by atoms with Crippen LogP contribution >= 0.6 is 0 Å². The van der Waals surface area contributed by atoms with E-state index in [-0.39, 0.29) is 0 Å². The molecule has 1 N–H and O–H groups in total. The van der Waals surface area contributed by atoms with Gasteiger partial charge in [0.1, 0.15) is 0 Å². The van der Waals surface area contributed by atoms with Gasteiger partial charge in [-0.1, -0.05) is 26.2 Å². The van der Waals surface area contributed by atoms with E-state index in [1.54, 1.807) is 0 Å². The molecule has 1 saturated carbocycles. The second-order valence-corrected chi connectivity index (χ2v) is 6.87. The highest BCUT2D eigenvalue weighted by molar-refractivity contribution is 4.79. The summed E-state index contributed by atoms with van der Waals surface area (Å²) in [5, 5.41) is 3.69. The van der Waals surface area contributed by atoms with Crippen LogP contribution in [0.4, 0.5) is 0 Å². The molecule has 4 unspecified atom stereocenters. The molecule has 1 saturated heterocycles. The van der Waals surface area contributed by atoms with Crippen molar-refractivity contribution in [2.45, 2.75) is 71.4 Å². The molecule has 4 atom stereocenters. The maximum absolute atomic E-state index is 3.69. The second kappa shape index (κ2) is 6.91. The van der Waals surface area contributed by atoms with Crippen molar-refractivity contribution >= 4 is 0 Å². The Morgan fingerprint density at radius 3 is 2.11 bits per heavy atom. The van der Waals surface area contributed by atoms with Crippen LogP contribution in [-0.2, 0) is 0 Å². The van der Waals surface area contributed by atoms with Crippen LogP contribution in [0.3, 0.4) is 0 Å². The Hall–Kier alpha value is -0.0800. The van der Waals surface area contributed by atoms with Crippen LogP contribution in [0, 0.1) is 11.8 Å². The van der Waals surface area contributed by atoms with E-state index in [1.165, 1.54) is 58.2 Å². The van der Waals surface area contributed by atoms with E-state index < -0.39 is 0 Å². The molecule has 0 spiro atoms. The van der Waals surface area contributed by atoms with Gasteiger partial charge in [-0.15, -0.1) is 0 Å². The van der Waals surface area contributed by atoms with Gasteiger partial charge in [0.15, 0.2) is 0 Å². The lowest BCUT2D eigenvalue weighted by atomic mass is 9.80. The molecular weight excluding hydrogens is 220 g/mol. The third-order valence-corrected chi connectivity index (χ3v) is 5.11. The molecule has 0 radical (unpaired) electrons. The van der Waals surface area contributed by atoms with E-state index in [9.17, 15) is 0 Å². The number of hydrogen-bond acceptors (Lipinski definition) is 2. The molecule has 106 valence electrons. The molecule has 2 heteroatoms. The summed E-state index contributed by atoms with van der Waals surface area (Å²) in [6.07, 6.45) is 8.50. The van der Waals surface area contributed by atoms with E-state index >= 15 is 0 Å². The van der Waals surface area contributed by atoms with E-state index in [0.717, 1.165) is 11.8 Å². The Bertz CT molecular complexity index is 229. The first kappa shape index (κ1) is 14.3. The predicted octanol–water partition coefficient (Wildman–Crippen LogP) is 3.28. The zero-order valence-electron chi connectivity index (χ0n) is 12.6. The maximum Gasteiger partial charge on any atom is 0.00533 e. The molecule has 18 heavy (non-hydrogen) atoms. The molecule has 2 aliphatic rings. The largest absolute Gasteiger partial charge is 0.312 e. The van der Waals surface area contributed by atoms with Gasteiger partial charge in [-0.25, -0.2) is 0 Å². The average molecular weight is 252 g/mol. The third-order valence-electron chi connectivity index (χ3n) is 5.11. The normalized spacial score (nSPS) is 40.2. The minimum absolute atomic E-state index is 0.687. The lowest BCUT2D eigenvalue weighted by Crippen LogP contribution is -2.44. The first-order valence-corrected chi connectivity index (χ1v) is 8.13. The number of nitrogens with zero attached hydrogens (tertiary/aromatic N) is 1. The Kier molecular flexibility index (Phi) is 5.50. The Balaban J connectivity index is 1.83. The molecule has 0 bridgehead atoms. The van der Waals surface area contributed by atoms with Crippen molar-refractivity contribution in [3.05, 3.63) is 0 Å². The fourth-order valence-corrected chi connectivity index (χ4v) is 3.70. The van der Waals surface area contributed by atoms with Crippen molar-refractivity contribution in [3.63, 3.8) is 0 Å². The van der Waals surface area contributed by atoms with Crippen molar-refractivity contribution in [2.24, 2.45) is 11.8 Å². The van der Waals surface area contributed by atoms with Gasteiger partial charge in [0.2, 0.25) is 0 Å². The maximum atomic E-state index is 3.69. The summed E-state index contributed by atoms with van der Waals surface area (Å²) in [7, 11) is 0. The first-order chi connectivity index (χ1) is 8.65. The standard InChI is InChI=1S/C16H32N2/c1-13-6-4-5-7-16(13)12-18-10-8-14(2)17-15(3)9-11-18/h13-17H,4-12H2,1-3H3. The SMILES string of the molecule is CC1CCN(CC2CCCCC2C)CCC(C)N1. The van der Waals surface area contributed by atoms with Crippen LogP contribution in [0.25, 0.3) is 0 Å². The van der Waals surface area contributed by atoms with Crippen LogP contribution in [0.15, 0.2) is 0 Å². The van der Waals surface area contributed by atoms with Crippen LogP contribution in [0.2, 0.25) is 0 Å². The summed E-state index contributed by atoms with van der Waals surface area (Å²) < 4.78 is 0. The molecule has 1 aliphatic heterocycles. The molecule has 1 aliphatic carbocycles. The molecule has 0 aromatic carbocycles. The Morgan fingerprint density at radius 2 is 1.50 bits per heavy atom. The fraction of sp³-hybridized carbons (Fsp3) is 1.00. The quantitative estimate of drug-likeness (QED) is 0.811. The van der Waals surface area contributed by atoms with Crippen LogP contribution in [0.5, 0.6) is 0 Å². The van der Waals surface area contributed by atoms with Gasteiger partial charge in [0.05, 0.1) is 0 Å². The topological polar surface area (TPSA) is 15.3 Å². The summed E-state index contributed by atoms with van der Waals surface area (Å²) in [6, 6.07) is 1.37. The predicted molar refractivity (Wildman–Crippen MR) is 78.9 cm³/mol. The minimum Gasteiger partial charge on any atom is -0.312 e. The fourth-order valence-electron chi connectivity index (χ4n) is 3.70. The van der Waals surface area contributed by atoms with E-state index in [2.05, 4.69) is 31.0 Å². The highest BCUT2D eigenvalue weighted by Gasteiger charge is 2.24. The summed E-state index contributed by atoms with van der Waals surface area (Å²) in [6.45, 7) is 11.1. The van der Waals surface area contributed by atoms with E-state index in [4.69, 9.17) is 0 Å². The van der Waals surface area contributed by atoms with Crippen molar-refractivity contribution in [2.75, 3.05) is 19.6 Å². The van der Waals surface area contributed by atoms with Gasteiger partial charge in [-0.3, -0.25) is 0 Å². The van der Waals surface area contributed by atoms with Gasteiger partial charge in [0, 0.05) is 18.6 Å². The molecule has 0 aromatic heterocycles. The van der Waals surface area contributed by atoms with Crippen molar-refractivity contribution in [3.8, 4) is 0 Å². The van der Waals surface area contributed by atoms with Gasteiger partial charge in [-0.05, 0) is 58.0 Å². The average Bonchev–Trinajstić information content (AvgIpc) is 2.33. The Morgan fingerprint density at radius 1 is 0.889 bits per heavy atom. The molecule has 2 rings (SSSR count). The number of rotatable bonds is 2. The third kappa shape index (κ3) is 4.24. The highest BCUT2D eigenvalue weighted by Crippen LogP contribution is 2.30. The van der Waals surface area contributed by atoms with E-state index in [1.807, 2.05) is 0 Å². The van der Waals surface area contributed by atoms with Gasteiger partial charge < -0.3 is 10.2 Å². The summed E-state index contributed by atoms with van der Waals surface area (Å²) >= 11 is 0. The van der Waals surface area contributed by atoms with Gasteiger partial charge >= 0.3 is 0 Å². The summed E-state index contributed by atoms with van der Waals surface area (Å²) in [5.74, 6) is 1.92. The molecule has 1 heterocycles. The van der Waals surface area contributed by atoms with Crippen molar-refractivity contribution in [1.29, 1.82) is 0 Å². The van der Waals surface area contributed by atoms with Gasteiger partial charge in [-0.2, -0.15) is 0 Å². The first-order valence-electron chi connectivity index (χ1n) is 8.13. The van der Waals surface area contributed by atoms with Crippen molar-refractivity contribution < 1.29 is 0 Å². The highest BCUT2D eigenvalue weighted by atomic mass is 15.1. The lowest BCUT2D eigenvalue weighted by molar-refractivity contribution is 0.142. The number of hydrogen-bond donors (Lipinski definition) is 1. The minimum atomic E-state index is 0.687. The second-order valence-electron chi connectivity index (χ2n) is 6.87. The smallest absolute Gasteiger partial charge is 0.00533 e. The molecular formula is C16H32N2. The van der Waals surface area contributed by atoms with Gasteiger partial charge in [0.25, 0.3) is 0 Å². The molecule has 0 amide bonds. The van der Waals surface area contributed by atoms with Crippen LogP contribution < -0.4 is 5.32 Å². The molecule has 2 nitrogen and oxygen atoms in total. The van der Waals surface area contributed by atoms with Crippen molar-refractivity contribution in [1.82, 2.24) is 10.2 Å². The zero-order valence-corrected chi connectivity index (χ0v) is 12.6. The number of nitrogens with one attached hydrogen (secondary N) is 1.